The van der Waals surface area contributed by atoms with E-state index in [4.69, 9.17) is 27.9 Å². The number of carbonyl (C=O) groups is 1. The third-order valence-electron chi connectivity index (χ3n) is 3.04. The van der Waals surface area contributed by atoms with Gasteiger partial charge in [-0.25, -0.2) is 4.79 Å². The number of alkyl carbamates (subject to hydrolysis) is 1. The Kier molecular flexibility index (Phi) is 5.02. The van der Waals surface area contributed by atoms with Crippen molar-refractivity contribution in [1.29, 1.82) is 0 Å². The van der Waals surface area contributed by atoms with Crippen molar-refractivity contribution in [3.8, 4) is 0 Å². The molecule has 1 saturated carbocycles. The van der Waals surface area contributed by atoms with Crippen molar-refractivity contribution in [2.45, 2.75) is 51.4 Å². The Balaban J connectivity index is 1.72. The standard InChI is InChI=1S/C15H20Cl2N2O2/c1-15(2,3)21-14(20)19-13-7-12(13)18-8-9-4-5-10(16)11(17)6-9/h4-6,12-13,18H,7-8H2,1-3H3,(H,19,20). The molecule has 1 aliphatic rings. The van der Waals surface area contributed by atoms with Crippen molar-refractivity contribution in [1.82, 2.24) is 10.6 Å². The fraction of sp³-hybridized carbons (Fsp3) is 0.533. The largest absolute Gasteiger partial charge is 0.444 e. The number of hydrogen-bond donors (Lipinski definition) is 2. The van der Waals surface area contributed by atoms with Crippen molar-refractivity contribution in [2.24, 2.45) is 0 Å². The minimum Gasteiger partial charge on any atom is -0.444 e. The molecule has 21 heavy (non-hydrogen) atoms. The maximum Gasteiger partial charge on any atom is 0.407 e. The maximum atomic E-state index is 11.6. The second-order valence-corrected chi connectivity index (χ2v) is 7.04. The van der Waals surface area contributed by atoms with Crippen molar-refractivity contribution >= 4 is 29.3 Å². The van der Waals surface area contributed by atoms with Crippen LogP contribution in [0.25, 0.3) is 0 Å². The highest BCUT2D eigenvalue weighted by molar-refractivity contribution is 6.42. The van der Waals surface area contributed by atoms with Crippen LogP contribution in [0.15, 0.2) is 18.2 Å². The summed E-state index contributed by atoms with van der Waals surface area (Å²) in [5.41, 5.74) is 0.592. The molecule has 1 aromatic rings. The average molecular weight is 331 g/mol. The second kappa shape index (κ2) is 6.42. The van der Waals surface area contributed by atoms with Crippen molar-refractivity contribution in [3.63, 3.8) is 0 Å². The van der Waals surface area contributed by atoms with E-state index >= 15 is 0 Å². The molecule has 4 nitrogen and oxygen atoms in total. The molecular weight excluding hydrogens is 311 g/mol. The van der Waals surface area contributed by atoms with Gasteiger partial charge in [0.1, 0.15) is 5.60 Å². The zero-order valence-corrected chi connectivity index (χ0v) is 13.9. The van der Waals surface area contributed by atoms with Gasteiger partial charge in [0.2, 0.25) is 0 Å². The molecule has 2 rings (SSSR count). The molecule has 0 saturated heterocycles. The van der Waals surface area contributed by atoms with E-state index < -0.39 is 5.60 Å². The molecule has 0 heterocycles. The van der Waals surface area contributed by atoms with Crippen LogP contribution in [0.4, 0.5) is 4.79 Å². The van der Waals surface area contributed by atoms with Crippen molar-refractivity contribution in [3.05, 3.63) is 33.8 Å². The van der Waals surface area contributed by atoms with E-state index in [0.29, 0.717) is 16.6 Å². The lowest BCUT2D eigenvalue weighted by atomic mass is 10.2. The van der Waals surface area contributed by atoms with Gasteiger partial charge in [-0.05, 0) is 44.9 Å². The number of halogens is 2. The molecule has 1 amide bonds. The van der Waals surface area contributed by atoms with Crippen LogP contribution in [-0.2, 0) is 11.3 Å². The highest BCUT2D eigenvalue weighted by atomic mass is 35.5. The molecule has 1 aromatic carbocycles. The monoisotopic (exact) mass is 330 g/mol. The number of benzene rings is 1. The minimum absolute atomic E-state index is 0.127. The van der Waals surface area contributed by atoms with E-state index in [2.05, 4.69) is 10.6 Å². The molecule has 0 spiro atoms. The van der Waals surface area contributed by atoms with Gasteiger partial charge >= 0.3 is 6.09 Å². The summed E-state index contributed by atoms with van der Waals surface area (Å²) < 4.78 is 5.22. The summed E-state index contributed by atoms with van der Waals surface area (Å²) in [6, 6.07) is 5.95. The number of ether oxygens (including phenoxy) is 1. The molecule has 2 unspecified atom stereocenters. The number of rotatable bonds is 4. The maximum absolute atomic E-state index is 11.6. The molecule has 0 radical (unpaired) electrons. The van der Waals surface area contributed by atoms with E-state index in [1.54, 1.807) is 6.07 Å². The van der Waals surface area contributed by atoms with Crippen LogP contribution in [0.3, 0.4) is 0 Å². The molecule has 2 N–H and O–H groups in total. The Morgan fingerprint density at radius 1 is 1.29 bits per heavy atom. The van der Waals surface area contributed by atoms with Gasteiger partial charge in [0.05, 0.1) is 10.0 Å². The molecule has 2 atom stereocenters. The first kappa shape index (κ1) is 16.4. The van der Waals surface area contributed by atoms with Crippen LogP contribution in [0.5, 0.6) is 0 Å². The van der Waals surface area contributed by atoms with Gasteiger partial charge in [-0.1, -0.05) is 29.3 Å². The zero-order valence-electron chi connectivity index (χ0n) is 12.4. The van der Waals surface area contributed by atoms with E-state index in [9.17, 15) is 4.79 Å². The molecular formula is C15H20Cl2N2O2. The Labute approximate surface area is 135 Å². The summed E-state index contributed by atoms with van der Waals surface area (Å²) in [6.07, 6.45) is 0.534. The summed E-state index contributed by atoms with van der Waals surface area (Å²) >= 11 is 11.8. The lowest BCUT2D eigenvalue weighted by molar-refractivity contribution is 0.0522. The zero-order chi connectivity index (χ0) is 15.6. The third-order valence-corrected chi connectivity index (χ3v) is 3.78. The van der Waals surface area contributed by atoms with Gasteiger partial charge in [-0.2, -0.15) is 0 Å². The summed E-state index contributed by atoms with van der Waals surface area (Å²) in [6.45, 7) is 6.23. The minimum atomic E-state index is -0.470. The summed E-state index contributed by atoms with van der Waals surface area (Å²) in [5.74, 6) is 0. The molecule has 116 valence electrons. The van der Waals surface area contributed by atoms with Crippen LogP contribution < -0.4 is 10.6 Å². The van der Waals surface area contributed by atoms with Gasteiger partial charge in [0.25, 0.3) is 0 Å². The Morgan fingerprint density at radius 2 is 2.00 bits per heavy atom. The lowest BCUT2D eigenvalue weighted by Crippen LogP contribution is -2.36. The third kappa shape index (κ3) is 5.38. The molecule has 6 heteroatoms. The van der Waals surface area contributed by atoms with Crippen LogP contribution in [-0.4, -0.2) is 23.8 Å². The molecule has 0 bridgehead atoms. The predicted molar refractivity (Wildman–Crippen MR) is 84.9 cm³/mol. The lowest BCUT2D eigenvalue weighted by Gasteiger charge is -2.19. The number of nitrogens with one attached hydrogen (secondary N) is 2. The van der Waals surface area contributed by atoms with Gasteiger partial charge in [-0.3, -0.25) is 0 Å². The summed E-state index contributed by atoms with van der Waals surface area (Å²) in [7, 11) is 0. The quantitative estimate of drug-likeness (QED) is 0.883. The van der Waals surface area contributed by atoms with Crippen LogP contribution in [0, 0.1) is 0 Å². The van der Waals surface area contributed by atoms with Crippen LogP contribution in [0.1, 0.15) is 32.8 Å². The second-order valence-electron chi connectivity index (χ2n) is 6.22. The SMILES string of the molecule is CC(C)(C)OC(=O)NC1CC1NCc1ccc(Cl)c(Cl)c1. The van der Waals surface area contributed by atoms with E-state index in [1.165, 1.54) is 0 Å². The first-order valence-electron chi connectivity index (χ1n) is 6.91. The smallest absolute Gasteiger partial charge is 0.407 e. The van der Waals surface area contributed by atoms with Crippen molar-refractivity contribution in [2.75, 3.05) is 0 Å². The average Bonchev–Trinajstić information content (AvgIpc) is 3.06. The highest BCUT2D eigenvalue weighted by Gasteiger charge is 2.38. The first-order chi connectivity index (χ1) is 9.74. The Hall–Kier alpha value is -0.970. The fourth-order valence-electron chi connectivity index (χ4n) is 1.94. The molecule has 1 fully saturated rings. The van der Waals surface area contributed by atoms with Crippen LogP contribution >= 0.6 is 23.2 Å². The van der Waals surface area contributed by atoms with Gasteiger partial charge in [-0.15, -0.1) is 0 Å². The van der Waals surface area contributed by atoms with Crippen molar-refractivity contribution < 1.29 is 9.53 Å². The van der Waals surface area contributed by atoms with E-state index in [1.807, 2.05) is 32.9 Å². The normalized spacial score (nSPS) is 21.0. The van der Waals surface area contributed by atoms with Crippen LogP contribution in [0.2, 0.25) is 10.0 Å². The molecule has 1 aliphatic carbocycles. The van der Waals surface area contributed by atoms with E-state index in [0.717, 1.165) is 12.0 Å². The summed E-state index contributed by atoms with van der Waals surface area (Å²) in [4.78, 5) is 11.6. The first-order valence-corrected chi connectivity index (χ1v) is 7.67. The summed E-state index contributed by atoms with van der Waals surface area (Å²) in [5, 5.41) is 7.32. The topological polar surface area (TPSA) is 50.4 Å². The number of amides is 1. The Morgan fingerprint density at radius 3 is 2.62 bits per heavy atom. The molecule has 0 aromatic heterocycles. The molecule has 0 aliphatic heterocycles. The van der Waals surface area contributed by atoms with E-state index in [-0.39, 0.29) is 18.2 Å². The predicted octanol–water partition coefficient (Wildman–Crippen LogP) is 3.75. The van der Waals surface area contributed by atoms with Gasteiger partial charge in [0.15, 0.2) is 0 Å². The number of carbonyl (C=O) groups excluding carboxylic acids is 1. The Bertz CT molecular complexity index is 529. The van der Waals surface area contributed by atoms with Gasteiger partial charge in [0, 0.05) is 18.6 Å². The van der Waals surface area contributed by atoms with Gasteiger partial charge < -0.3 is 15.4 Å². The fourth-order valence-corrected chi connectivity index (χ4v) is 2.26. The highest BCUT2D eigenvalue weighted by Crippen LogP contribution is 2.25. The number of hydrogen-bond acceptors (Lipinski definition) is 3.